The molecule has 9 heteroatoms. The maximum absolute atomic E-state index is 10.0. The van der Waals surface area contributed by atoms with Crippen LogP contribution in [0, 0.1) is 7.43 Å². The second-order valence-electron chi connectivity index (χ2n) is 3.79. The number of ketones is 3. The molecule has 29 heavy (non-hydrogen) atoms. The van der Waals surface area contributed by atoms with Crippen LogP contribution in [0.1, 0.15) is 70.7 Å². The van der Waals surface area contributed by atoms with Crippen LogP contribution in [0.2, 0.25) is 0 Å². The van der Waals surface area contributed by atoms with Gasteiger partial charge in [0.05, 0.1) is 6.42 Å². The van der Waals surface area contributed by atoms with E-state index in [2.05, 4.69) is 13.2 Å². The summed E-state index contributed by atoms with van der Waals surface area (Å²) in [5.41, 5.74) is 0. The van der Waals surface area contributed by atoms with E-state index in [1.807, 2.05) is 0 Å². The first-order chi connectivity index (χ1) is 9.40. The molecule has 0 N–H and O–H groups in total. The van der Waals surface area contributed by atoms with Gasteiger partial charge in [-0.25, -0.2) is 4.79 Å². The summed E-state index contributed by atoms with van der Waals surface area (Å²) in [5, 5.41) is 19.3. The van der Waals surface area contributed by atoms with Gasteiger partial charge >= 0.3 is 56.6 Å². The minimum absolute atomic E-state index is 0. The maximum Gasteiger partial charge on any atom is 1.00 e. The topological polar surface area (TPSA) is 114 Å². The Bertz CT molecular complexity index is 394. The second kappa shape index (κ2) is 63.1. The quantitative estimate of drug-likeness (QED) is 0.117. The number of hydrogen-bond donors (Lipinski definition) is 0. The fraction of sp³-hybridized carbons (Fsp3) is 0.500. The Kier molecular flexibility index (Phi) is 173. The van der Waals surface area contributed by atoms with Gasteiger partial charge < -0.3 is 17.6 Å². The van der Waals surface area contributed by atoms with Crippen molar-refractivity contribution in [2.45, 2.75) is 70.7 Å². The molecule has 160 valence electrons. The van der Waals surface area contributed by atoms with Crippen molar-refractivity contribution in [2.75, 3.05) is 0 Å². The van der Waals surface area contributed by atoms with Crippen LogP contribution in [0.4, 0.5) is 0 Å². The number of carbonyl (C=O) groups is 3. The van der Waals surface area contributed by atoms with Crippen LogP contribution in [-0.2, 0) is 19.2 Å². The average molecular weight is 398 g/mol. The third-order valence-electron chi connectivity index (χ3n) is 0.904. The number of allylic oxidation sites excluding steroid dienone is 3. The van der Waals surface area contributed by atoms with Gasteiger partial charge in [-0.3, -0.25) is 14.4 Å². The molecule has 0 aromatic rings. The van der Waals surface area contributed by atoms with Gasteiger partial charge in [0, 0.05) is 0 Å². The molecule has 0 bridgehead atoms. The van der Waals surface area contributed by atoms with Gasteiger partial charge in [-0.1, -0.05) is 43.6 Å². The molecule has 0 heterocycles. The van der Waals surface area contributed by atoms with E-state index in [9.17, 15) is 24.6 Å². The molecule has 0 aliphatic heterocycles. The normalized spacial score (nSPS) is 5.90. The third kappa shape index (κ3) is 326. The number of Topliss-reactive ketones (excluding diaryl/α,β-unsaturated/α-hetero) is 2. The molecular weight excluding hydrogens is 357 g/mol. The zero-order chi connectivity index (χ0) is 18.0. The minimum atomic E-state index is -0.187. The summed E-state index contributed by atoms with van der Waals surface area (Å²) in [6.07, 6.45) is 1.14. The molecule has 0 aliphatic rings. The predicted molar refractivity (Wildman–Crippen MR) is 110 cm³/mol. The van der Waals surface area contributed by atoms with Crippen LogP contribution >= 0.6 is 0 Å². The van der Waals surface area contributed by atoms with Crippen LogP contribution in [0.3, 0.4) is 0 Å². The van der Waals surface area contributed by atoms with Crippen molar-refractivity contribution in [1.29, 1.82) is 0 Å². The molecule has 0 saturated carbocycles. The van der Waals surface area contributed by atoms with Crippen LogP contribution < -0.4 is 66.8 Å². The van der Waals surface area contributed by atoms with E-state index < -0.39 is 0 Å². The van der Waals surface area contributed by atoms with E-state index in [4.69, 9.17) is 4.79 Å². The van der Waals surface area contributed by atoms with Crippen molar-refractivity contribution in [3.8, 4) is 0 Å². The van der Waals surface area contributed by atoms with E-state index in [0.717, 1.165) is 6.08 Å². The summed E-state index contributed by atoms with van der Waals surface area (Å²) in [6.45, 7) is 12.6. The Labute approximate surface area is 217 Å². The monoisotopic (exact) mass is 398 g/mol. The first-order valence-corrected chi connectivity index (χ1v) is 5.72. The molecule has 0 aliphatic carbocycles. The molecule has 0 radical (unpaired) electrons. The van der Waals surface area contributed by atoms with E-state index >= 15 is 0 Å². The Balaban J connectivity index is -0.0000000126. The van der Waals surface area contributed by atoms with Gasteiger partial charge in [0.2, 0.25) is 0 Å². The molecule has 0 aromatic heterocycles. The van der Waals surface area contributed by atoms with Gasteiger partial charge in [0.25, 0.3) is 0 Å². The molecule has 0 amide bonds. The van der Waals surface area contributed by atoms with Crippen molar-refractivity contribution < 1.29 is 86.0 Å². The second-order valence-corrected chi connectivity index (χ2v) is 3.79. The first kappa shape index (κ1) is 79.3. The molecule has 0 unspecified atom stereocenters. The first-order valence-electron chi connectivity index (χ1n) is 5.72. The van der Waals surface area contributed by atoms with Crippen LogP contribution in [0.15, 0.2) is 30.8 Å². The van der Waals surface area contributed by atoms with Crippen molar-refractivity contribution >= 4 is 23.3 Å². The summed E-state index contributed by atoms with van der Waals surface area (Å²) in [6, 6.07) is 0. The Morgan fingerprint density at radius 1 is 0.828 bits per heavy atom. The smallest absolute Gasteiger partial charge is 0.876 e. The fourth-order valence-corrected chi connectivity index (χ4v) is 0.637. The third-order valence-corrected chi connectivity index (χ3v) is 0.904. The van der Waals surface area contributed by atoms with Gasteiger partial charge in [-0.2, -0.15) is 0 Å². The van der Waals surface area contributed by atoms with E-state index in [0.29, 0.717) is 0 Å². The molecule has 6 nitrogen and oxygen atoms in total. The average Bonchev–Trinajstić information content (AvgIpc) is 2.12. The molecule has 0 fully saturated rings. The van der Waals surface area contributed by atoms with Crippen LogP contribution in [0.25, 0.3) is 0 Å². The Morgan fingerprint density at radius 2 is 1.00 bits per heavy atom. The summed E-state index contributed by atoms with van der Waals surface area (Å²) < 4.78 is 0. The van der Waals surface area contributed by atoms with Gasteiger partial charge in [-0.05, 0) is 33.4 Å². The van der Waals surface area contributed by atoms with Crippen LogP contribution in [0.5, 0.6) is 0 Å². The molecule has 0 aromatic carbocycles. The van der Waals surface area contributed by atoms with Gasteiger partial charge in [0.15, 0.2) is 5.78 Å². The van der Waals surface area contributed by atoms with Crippen molar-refractivity contribution in [1.82, 2.24) is 0 Å². The molecule has 0 atom stereocenters. The van der Waals surface area contributed by atoms with E-state index in [1.54, 1.807) is 0 Å². The van der Waals surface area contributed by atoms with E-state index in [-0.39, 0.29) is 129 Å². The van der Waals surface area contributed by atoms with E-state index in [1.165, 1.54) is 40.6 Å². The van der Waals surface area contributed by atoms with Crippen molar-refractivity contribution in [2.24, 2.45) is 0 Å². The standard InChI is InChI=1S/2C5H8O2.C3H6O.C2H2O.4CH4.CH3.3Li/c2*1-4(6)3-5(2)7;1-3(2)4;1-2-3;;;;;;;;/h3H2,1-2H3;3,6H,1-2H3;4H,1H2,2H3;1H2;4*1H4;1H3;;;/q;;;;;;;;-1;3*+1/p-2/b;4-3-;;;;;;;;;;. The molecule has 0 rings (SSSR count). The van der Waals surface area contributed by atoms with Gasteiger partial charge in [0.1, 0.15) is 17.5 Å². The Hall–Kier alpha value is -0.668. The summed E-state index contributed by atoms with van der Waals surface area (Å²) in [4.78, 5) is 38.6. The van der Waals surface area contributed by atoms with Crippen molar-refractivity contribution in [3.05, 3.63) is 38.2 Å². The summed E-state index contributed by atoms with van der Waals surface area (Å²) in [5.74, 6) is 0.667. The van der Waals surface area contributed by atoms with Crippen LogP contribution in [-0.4, -0.2) is 23.3 Å². The number of rotatable bonds is 3. The number of carbonyl (C=O) groups excluding carboxylic acids is 4. The zero-order valence-corrected chi connectivity index (χ0v) is 17.1. The minimum Gasteiger partial charge on any atom is -0.876 e. The maximum atomic E-state index is 10.0. The summed E-state index contributed by atoms with van der Waals surface area (Å²) >= 11 is 0. The van der Waals surface area contributed by atoms with Crippen molar-refractivity contribution in [3.63, 3.8) is 0 Å². The van der Waals surface area contributed by atoms with Gasteiger partial charge in [-0.15, -0.1) is 18.1 Å². The number of hydrogen-bond acceptors (Lipinski definition) is 6. The zero-order valence-electron chi connectivity index (χ0n) is 17.1. The fourth-order valence-electron chi connectivity index (χ4n) is 0.637. The SMILES string of the molecule is C.C.C.C.C=C(C)[O-].C=C=O.CC(=O)/C=C(/C)[O-].CC(=O)CC(C)=O.[CH3-].[Li+].[Li+].[Li+]. The molecule has 0 saturated heterocycles. The predicted octanol–water partition coefficient (Wildman–Crippen LogP) is -5.72. The summed E-state index contributed by atoms with van der Waals surface area (Å²) in [7, 11) is 0. The largest absolute Gasteiger partial charge is 1.00 e. The Morgan fingerprint density at radius 3 is 1.00 bits per heavy atom. The molecule has 0 spiro atoms. The molecular formula is C20H41Li3O6.